The first-order chi connectivity index (χ1) is 16.0. The second-order valence-electron chi connectivity index (χ2n) is 7.21. The number of hydrogen-bond acceptors (Lipinski definition) is 7. The van der Waals surface area contributed by atoms with Crippen LogP contribution in [0.1, 0.15) is 11.1 Å². The number of hydrogen-bond donors (Lipinski definition) is 1. The van der Waals surface area contributed by atoms with Crippen molar-refractivity contribution in [3.8, 4) is 5.75 Å². The summed E-state index contributed by atoms with van der Waals surface area (Å²) in [6, 6.07) is 13.0. The Morgan fingerprint density at radius 3 is 2.73 bits per heavy atom. The Morgan fingerprint density at radius 2 is 2.00 bits per heavy atom. The number of ether oxygens (including phenoxy) is 1. The molecule has 33 heavy (non-hydrogen) atoms. The van der Waals surface area contributed by atoms with Crippen LogP contribution in [0.15, 0.2) is 71.0 Å². The molecule has 0 aliphatic carbocycles. The number of carbonyl (C=O) groups excluding carboxylic acids is 1. The molecule has 0 saturated carbocycles. The Kier molecular flexibility index (Phi) is 6.90. The van der Waals surface area contributed by atoms with E-state index in [4.69, 9.17) is 17.0 Å². The summed E-state index contributed by atoms with van der Waals surface area (Å²) < 4.78 is 7.10. The number of anilines is 1. The van der Waals surface area contributed by atoms with Crippen molar-refractivity contribution in [3.05, 3.63) is 87.7 Å². The normalized spacial score (nSPS) is 14.8. The molecule has 1 aliphatic rings. The van der Waals surface area contributed by atoms with E-state index in [1.807, 2.05) is 30.3 Å². The third-order valence-corrected chi connectivity index (χ3v) is 6.49. The largest absolute Gasteiger partial charge is 0.497 e. The Bertz CT molecular complexity index is 1320. The van der Waals surface area contributed by atoms with Crippen LogP contribution in [0.2, 0.25) is 0 Å². The van der Waals surface area contributed by atoms with Crippen molar-refractivity contribution in [2.24, 2.45) is 0 Å². The summed E-state index contributed by atoms with van der Waals surface area (Å²) in [5.74, 6) is 0.962. The van der Waals surface area contributed by atoms with E-state index < -0.39 is 0 Å². The summed E-state index contributed by atoms with van der Waals surface area (Å²) in [6.45, 7) is 4.58. The average molecular weight is 479 g/mol. The molecule has 7 nitrogen and oxygen atoms in total. The van der Waals surface area contributed by atoms with Gasteiger partial charge in [0.05, 0.1) is 17.6 Å². The van der Waals surface area contributed by atoms with Crippen LogP contribution in [-0.4, -0.2) is 44.7 Å². The smallest absolute Gasteiger partial charge is 0.267 e. The van der Waals surface area contributed by atoms with Crippen LogP contribution in [0.5, 0.6) is 5.75 Å². The number of aromatic nitrogens is 2. The van der Waals surface area contributed by atoms with Gasteiger partial charge in [0.1, 0.15) is 21.5 Å². The highest BCUT2D eigenvalue weighted by atomic mass is 32.2. The fraction of sp³-hybridized carbons (Fsp3) is 0.167. The van der Waals surface area contributed by atoms with Gasteiger partial charge in [0.25, 0.3) is 11.5 Å². The number of rotatable bonds is 8. The minimum Gasteiger partial charge on any atom is -0.497 e. The van der Waals surface area contributed by atoms with Gasteiger partial charge in [-0.2, -0.15) is 0 Å². The van der Waals surface area contributed by atoms with E-state index in [1.165, 1.54) is 16.2 Å². The Morgan fingerprint density at radius 1 is 1.21 bits per heavy atom. The summed E-state index contributed by atoms with van der Waals surface area (Å²) in [5.41, 5.74) is 1.62. The first-order valence-corrected chi connectivity index (χ1v) is 11.5. The maximum Gasteiger partial charge on any atom is 0.267 e. The molecule has 9 heteroatoms. The van der Waals surface area contributed by atoms with Crippen molar-refractivity contribution in [1.82, 2.24) is 14.3 Å². The average Bonchev–Trinajstić information content (AvgIpc) is 3.10. The number of thiocarbonyl (C=S) groups is 1. The quantitative estimate of drug-likeness (QED) is 0.300. The maximum absolute atomic E-state index is 13.2. The van der Waals surface area contributed by atoms with E-state index in [0.29, 0.717) is 45.8 Å². The molecule has 1 fully saturated rings. The van der Waals surface area contributed by atoms with Gasteiger partial charge in [-0.3, -0.25) is 18.9 Å². The SMILES string of the molecule is C=CCNc1nc2ccccn2c(=O)c1/C=C1\SC(=S)N(CCc2ccc(OC)cc2)C1=O. The first-order valence-electron chi connectivity index (χ1n) is 10.3. The number of fused-ring (bicyclic) bond motifs is 1. The monoisotopic (exact) mass is 478 g/mol. The summed E-state index contributed by atoms with van der Waals surface area (Å²) in [6.07, 6.45) is 5.55. The topological polar surface area (TPSA) is 75.9 Å². The van der Waals surface area contributed by atoms with E-state index in [0.717, 1.165) is 11.3 Å². The molecule has 4 rings (SSSR count). The van der Waals surface area contributed by atoms with Crippen LogP contribution in [-0.2, 0) is 11.2 Å². The molecule has 0 spiro atoms. The molecule has 2 aromatic heterocycles. The summed E-state index contributed by atoms with van der Waals surface area (Å²) in [4.78, 5) is 32.8. The molecular weight excluding hydrogens is 456 g/mol. The molecule has 1 saturated heterocycles. The van der Waals surface area contributed by atoms with E-state index in [-0.39, 0.29) is 11.5 Å². The number of carbonyl (C=O) groups is 1. The van der Waals surface area contributed by atoms with Crippen LogP contribution < -0.4 is 15.6 Å². The highest BCUT2D eigenvalue weighted by molar-refractivity contribution is 8.26. The number of thioether (sulfide) groups is 1. The van der Waals surface area contributed by atoms with Crippen molar-refractivity contribution in [3.63, 3.8) is 0 Å². The molecular formula is C24H22N4O3S2. The highest BCUT2D eigenvalue weighted by Gasteiger charge is 2.32. The van der Waals surface area contributed by atoms with E-state index in [1.54, 1.807) is 42.5 Å². The molecule has 1 aliphatic heterocycles. The number of nitrogens with zero attached hydrogens (tertiary/aromatic N) is 3. The zero-order valence-electron chi connectivity index (χ0n) is 18.0. The minimum atomic E-state index is -0.268. The van der Waals surface area contributed by atoms with Gasteiger partial charge in [-0.25, -0.2) is 4.98 Å². The second-order valence-corrected chi connectivity index (χ2v) is 8.88. The number of amides is 1. The van der Waals surface area contributed by atoms with Gasteiger partial charge in [-0.15, -0.1) is 6.58 Å². The second kappa shape index (κ2) is 10.0. The maximum atomic E-state index is 13.2. The molecule has 0 bridgehead atoms. The van der Waals surface area contributed by atoms with Crippen molar-refractivity contribution in [2.45, 2.75) is 6.42 Å². The Balaban J connectivity index is 1.61. The third-order valence-electron chi connectivity index (χ3n) is 5.12. The first kappa shape index (κ1) is 22.8. The van der Waals surface area contributed by atoms with Crippen molar-refractivity contribution in [1.29, 1.82) is 0 Å². The molecule has 0 atom stereocenters. The number of methoxy groups -OCH3 is 1. The lowest BCUT2D eigenvalue weighted by atomic mass is 10.1. The fourth-order valence-corrected chi connectivity index (χ4v) is 4.68. The fourth-order valence-electron chi connectivity index (χ4n) is 3.39. The lowest BCUT2D eigenvalue weighted by Crippen LogP contribution is -2.30. The predicted molar refractivity (Wildman–Crippen MR) is 137 cm³/mol. The molecule has 0 unspecified atom stereocenters. The summed E-state index contributed by atoms with van der Waals surface area (Å²) >= 11 is 6.65. The predicted octanol–water partition coefficient (Wildman–Crippen LogP) is 3.74. The summed E-state index contributed by atoms with van der Waals surface area (Å²) in [7, 11) is 1.62. The zero-order valence-corrected chi connectivity index (χ0v) is 19.6. The van der Waals surface area contributed by atoms with E-state index >= 15 is 0 Å². The lowest BCUT2D eigenvalue weighted by Gasteiger charge is -2.14. The zero-order chi connectivity index (χ0) is 23.4. The highest BCUT2D eigenvalue weighted by Crippen LogP contribution is 2.33. The number of benzene rings is 1. The van der Waals surface area contributed by atoms with Crippen molar-refractivity contribution < 1.29 is 9.53 Å². The van der Waals surface area contributed by atoms with Gasteiger partial charge in [-0.05, 0) is 42.3 Å². The van der Waals surface area contributed by atoms with Crippen LogP contribution in [0, 0.1) is 0 Å². The molecule has 3 aromatic rings. The third kappa shape index (κ3) is 4.84. The van der Waals surface area contributed by atoms with Gasteiger partial charge in [0.2, 0.25) is 0 Å². The van der Waals surface area contributed by atoms with Crippen molar-refractivity contribution in [2.75, 3.05) is 25.5 Å². The molecule has 3 heterocycles. The molecule has 168 valence electrons. The van der Waals surface area contributed by atoms with Gasteiger partial charge in [0, 0.05) is 19.3 Å². The molecule has 1 amide bonds. The minimum absolute atomic E-state index is 0.217. The Hall–Kier alpha value is -3.43. The van der Waals surface area contributed by atoms with Gasteiger partial charge < -0.3 is 10.1 Å². The lowest BCUT2D eigenvalue weighted by molar-refractivity contribution is -0.122. The van der Waals surface area contributed by atoms with Gasteiger partial charge >= 0.3 is 0 Å². The molecule has 0 radical (unpaired) electrons. The standard InChI is InChI=1S/C24H22N4O3S2/c1-3-12-25-21-18(22(29)27-13-5-4-6-20(27)26-21)15-19-23(30)28(24(32)33-19)14-11-16-7-9-17(31-2)10-8-16/h3-10,13,15,25H,1,11-12,14H2,2H3/b19-15-. The van der Waals surface area contributed by atoms with E-state index in [2.05, 4.69) is 16.9 Å². The van der Waals surface area contributed by atoms with Crippen LogP contribution in [0.3, 0.4) is 0 Å². The van der Waals surface area contributed by atoms with Gasteiger partial charge in [-0.1, -0.05) is 48.3 Å². The molecule has 1 aromatic carbocycles. The van der Waals surface area contributed by atoms with E-state index in [9.17, 15) is 9.59 Å². The summed E-state index contributed by atoms with van der Waals surface area (Å²) in [5, 5.41) is 3.10. The van der Waals surface area contributed by atoms with Crippen LogP contribution in [0.4, 0.5) is 5.82 Å². The van der Waals surface area contributed by atoms with Crippen molar-refractivity contribution >= 4 is 51.7 Å². The molecule has 1 N–H and O–H groups in total. The Labute approximate surface area is 200 Å². The van der Waals surface area contributed by atoms with Crippen LogP contribution >= 0.6 is 24.0 Å². The van der Waals surface area contributed by atoms with Gasteiger partial charge in [0.15, 0.2) is 0 Å². The number of pyridine rings is 1. The number of nitrogens with one attached hydrogen (secondary N) is 1. The van der Waals surface area contributed by atoms with Crippen LogP contribution in [0.25, 0.3) is 11.7 Å².